The van der Waals surface area contributed by atoms with Gasteiger partial charge in [0.25, 0.3) is 0 Å². The third-order valence-electron chi connectivity index (χ3n) is 14.2. The van der Waals surface area contributed by atoms with E-state index in [1.165, 1.54) is 104 Å². The third kappa shape index (κ3) is 5.79. The van der Waals surface area contributed by atoms with E-state index in [2.05, 4.69) is 217 Å². The van der Waals surface area contributed by atoms with Crippen LogP contribution in [0.2, 0.25) is 0 Å². The molecular weight excluding hydrogens is 787 g/mol. The van der Waals surface area contributed by atoms with Crippen LogP contribution in [0.25, 0.3) is 92.9 Å². The Hall–Kier alpha value is -8.27. The number of nitrogens with zero attached hydrogens (tertiary/aromatic N) is 2. The highest BCUT2D eigenvalue weighted by Gasteiger charge is 2.35. The summed E-state index contributed by atoms with van der Waals surface area (Å²) in [6, 6.07) is 65.6. The first-order chi connectivity index (χ1) is 32.1. The van der Waals surface area contributed by atoms with Gasteiger partial charge in [0, 0.05) is 34.5 Å². The summed E-state index contributed by atoms with van der Waals surface area (Å²) in [7, 11) is 0. The number of benzene rings is 9. The Morgan fingerprint density at radius 1 is 0.554 bits per heavy atom. The van der Waals surface area contributed by atoms with E-state index in [0.717, 1.165) is 22.3 Å². The van der Waals surface area contributed by atoms with Gasteiger partial charge in [0.1, 0.15) is 0 Å². The second-order valence-electron chi connectivity index (χ2n) is 17.7. The smallest absolute Gasteiger partial charge is 0.0724 e. The fourth-order valence-corrected chi connectivity index (χ4v) is 11.2. The van der Waals surface area contributed by atoms with Crippen molar-refractivity contribution in [1.29, 1.82) is 0 Å². The van der Waals surface area contributed by atoms with Crippen LogP contribution in [0.15, 0.2) is 224 Å². The Morgan fingerprint density at radius 3 is 2.17 bits per heavy atom. The molecule has 0 aliphatic heterocycles. The molecule has 0 bridgehead atoms. The predicted octanol–water partition coefficient (Wildman–Crippen LogP) is 15.5. The van der Waals surface area contributed by atoms with Crippen molar-refractivity contribution < 1.29 is 0 Å². The second kappa shape index (κ2) is 14.7. The predicted molar refractivity (Wildman–Crippen MR) is 274 cm³/mol. The molecule has 3 nitrogen and oxygen atoms in total. The standard InChI is InChI=1S/C62H43N3/c1-38(36-63)39-23-26-47-40(31-39)19-20-41-32-44(24-27-48(41)47)61-52-15-7-9-17-54(52)62(55-18-10-8-16-53(55)61)45-22-21-42-33-56(49-13-5-6-14-50(49)57(42)35-45)43-25-28-59-58(34-43)51-29-30-64-37-60(51)65(59)46-11-3-2-4-12-46/h2-37,52,61H,63H2,1H3/b38-36+. The van der Waals surface area contributed by atoms with Gasteiger partial charge in [-0.05, 0) is 160 Å². The molecule has 0 spiro atoms. The van der Waals surface area contributed by atoms with Gasteiger partial charge < -0.3 is 10.3 Å². The van der Waals surface area contributed by atoms with Crippen molar-refractivity contribution in [3.8, 4) is 16.8 Å². The molecule has 0 saturated heterocycles. The number of hydrogen-bond donors (Lipinski definition) is 1. The van der Waals surface area contributed by atoms with Crippen molar-refractivity contribution >= 4 is 76.0 Å². The molecule has 65 heavy (non-hydrogen) atoms. The number of rotatable bonds is 5. The van der Waals surface area contributed by atoms with Gasteiger partial charge in [0.15, 0.2) is 0 Å². The first-order valence-corrected chi connectivity index (χ1v) is 22.5. The Kier molecular flexibility index (Phi) is 8.41. The lowest BCUT2D eigenvalue weighted by molar-refractivity contribution is 0.649. The van der Waals surface area contributed by atoms with Crippen LogP contribution in [0.4, 0.5) is 0 Å². The molecule has 0 radical (unpaired) electrons. The Bertz CT molecular complexity index is 3920. The maximum Gasteiger partial charge on any atom is 0.0724 e. The monoisotopic (exact) mass is 829 g/mol. The molecule has 2 N–H and O–H groups in total. The van der Waals surface area contributed by atoms with Gasteiger partial charge in [-0.3, -0.25) is 4.98 Å². The molecule has 0 saturated carbocycles. The fourth-order valence-electron chi connectivity index (χ4n) is 11.2. The number of aromatic nitrogens is 2. The minimum atomic E-state index is 0.171. The molecule has 13 rings (SSSR count). The highest BCUT2D eigenvalue weighted by molar-refractivity contribution is 6.17. The maximum absolute atomic E-state index is 5.88. The lowest BCUT2D eigenvalue weighted by atomic mass is 9.66. The summed E-state index contributed by atoms with van der Waals surface area (Å²) in [5.41, 5.74) is 21.9. The van der Waals surface area contributed by atoms with E-state index < -0.39 is 0 Å². The van der Waals surface area contributed by atoms with E-state index in [-0.39, 0.29) is 11.8 Å². The lowest BCUT2D eigenvalue weighted by Gasteiger charge is -2.37. The van der Waals surface area contributed by atoms with Gasteiger partial charge in [0.2, 0.25) is 0 Å². The van der Waals surface area contributed by atoms with Crippen LogP contribution in [0.3, 0.4) is 0 Å². The zero-order valence-corrected chi connectivity index (χ0v) is 35.9. The Morgan fingerprint density at radius 2 is 1.29 bits per heavy atom. The van der Waals surface area contributed by atoms with Crippen molar-refractivity contribution in [2.45, 2.75) is 12.8 Å². The van der Waals surface area contributed by atoms with E-state index in [0.29, 0.717) is 0 Å². The highest BCUT2D eigenvalue weighted by Crippen LogP contribution is 2.51. The molecule has 0 amide bonds. The molecule has 2 unspecified atom stereocenters. The summed E-state index contributed by atoms with van der Waals surface area (Å²) in [4.78, 5) is 4.53. The van der Waals surface area contributed by atoms with Crippen molar-refractivity contribution in [2.24, 2.45) is 11.7 Å². The zero-order valence-electron chi connectivity index (χ0n) is 35.9. The van der Waals surface area contributed by atoms with Crippen molar-refractivity contribution in [3.05, 3.63) is 252 Å². The average molecular weight is 830 g/mol. The topological polar surface area (TPSA) is 43.8 Å². The maximum atomic E-state index is 5.88. The molecule has 306 valence electrons. The third-order valence-corrected chi connectivity index (χ3v) is 14.2. The molecule has 2 atom stereocenters. The van der Waals surface area contributed by atoms with Crippen LogP contribution in [0.5, 0.6) is 0 Å². The number of pyridine rings is 1. The van der Waals surface area contributed by atoms with Gasteiger partial charge in [-0.25, -0.2) is 0 Å². The average Bonchev–Trinajstić information content (AvgIpc) is 3.70. The largest absolute Gasteiger partial charge is 0.404 e. The molecule has 2 aliphatic rings. The first kappa shape index (κ1) is 37.3. The van der Waals surface area contributed by atoms with E-state index in [1.54, 1.807) is 6.20 Å². The van der Waals surface area contributed by atoms with Gasteiger partial charge in [-0.1, -0.05) is 152 Å². The number of hydrogen-bond acceptors (Lipinski definition) is 2. The van der Waals surface area contributed by atoms with Crippen LogP contribution >= 0.6 is 0 Å². The van der Waals surface area contributed by atoms with Crippen LogP contribution in [-0.4, -0.2) is 9.55 Å². The van der Waals surface area contributed by atoms with Crippen molar-refractivity contribution in [2.75, 3.05) is 0 Å². The quantitative estimate of drug-likeness (QED) is 0.176. The first-order valence-electron chi connectivity index (χ1n) is 22.5. The lowest BCUT2D eigenvalue weighted by Crippen LogP contribution is -2.22. The van der Waals surface area contributed by atoms with Crippen LogP contribution in [0, 0.1) is 5.92 Å². The Labute approximate surface area is 377 Å². The number of para-hydroxylation sites is 1. The molecule has 2 aliphatic carbocycles. The van der Waals surface area contributed by atoms with E-state index in [1.807, 2.05) is 12.4 Å². The molecule has 2 heterocycles. The summed E-state index contributed by atoms with van der Waals surface area (Å²) in [6.45, 7) is 2.06. The van der Waals surface area contributed by atoms with Crippen LogP contribution < -0.4 is 5.73 Å². The van der Waals surface area contributed by atoms with E-state index in [9.17, 15) is 0 Å². The number of fused-ring (bicyclic) bond motifs is 11. The minimum absolute atomic E-state index is 0.171. The van der Waals surface area contributed by atoms with E-state index >= 15 is 0 Å². The fraction of sp³-hybridized carbons (Fsp3) is 0.0484. The highest BCUT2D eigenvalue weighted by atomic mass is 15.0. The molecule has 2 aromatic heterocycles. The van der Waals surface area contributed by atoms with Gasteiger partial charge in [-0.2, -0.15) is 0 Å². The normalized spacial score (nSPS) is 16.0. The molecule has 11 aromatic rings. The summed E-state index contributed by atoms with van der Waals surface area (Å²) in [5, 5.41) is 12.4. The SMILES string of the molecule is C/C(=C\N)c1ccc2c(ccc3cc(C4c5ccccc5C(c5ccc6cc(-c7ccc8c(c7)c7ccncc7n8-c7ccccc7)c7ccccc7c6c5)=C5C=CC=CC54)ccc32)c1. The van der Waals surface area contributed by atoms with Gasteiger partial charge in [0.05, 0.1) is 17.2 Å². The van der Waals surface area contributed by atoms with Crippen molar-refractivity contribution in [3.63, 3.8) is 0 Å². The van der Waals surface area contributed by atoms with Crippen LogP contribution in [0.1, 0.15) is 40.7 Å². The number of nitrogens with two attached hydrogens (primary N) is 1. The number of allylic oxidation sites excluding steroid dienone is 6. The summed E-state index contributed by atoms with van der Waals surface area (Å²) in [6.07, 6.45) is 14.8. The molecule has 0 fully saturated rings. The second-order valence-corrected chi connectivity index (χ2v) is 17.7. The molecular formula is C62H43N3. The summed E-state index contributed by atoms with van der Waals surface area (Å²) < 4.78 is 2.33. The van der Waals surface area contributed by atoms with Crippen LogP contribution in [-0.2, 0) is 0 Å². The summed E-state index contributed by atoms with van der Waals surface area (Å²) >= 11 is 0. The van der Waals surface area contributed by atoms with Gasteiger partial charge in [-0.15, -0.1) is 0 Å². The van der Waals surface area contributed by atoms with E-state index in [4.69, 9.17) is 5.73 Å². The minimum Gasteiger partial charge on any atom is -0.404 e. The summed E-state index contributed by atoms with van der Waals surface area (Å²) in [5.74, 6) is 0.356. The Balaban J connectivity index is 0.938. The zero-order chi connectivity index (χ0) is 43.2. The van der Waals surface area contributed by atoms with Gasteiger partial charge >= 0.3 is 0 Å². The molecule has 3 heteroatoms. The van der Waals surface area contributed by atoms with Crippen molar-refractivity contribution in [1.82, 2.24) is 9.55 Å². The molecule has 9 aromatic carbocycles.